The first-order valence-corrected chi connectivity index (χ1v) is 12.6. The van der Waals surface area contributed by atoms with E-state index >= 15 is 0 Å². The highest BCUT2D eigenvalue weighted by Crippen LogP contribution is 2.44. The molecule has 2 amide bonds. The zero-order valence-corrected chi connectivity index (χ0v) is 20.0. The SMILES string of the molecule is C[C@@H]1[C@H](C(=O)O)CCCN1C(=O)C1(NC(=O)OCC2c3ccccc3-c3ccccc32)CCCC1. The van der Waals surface area contributed by atoms with Crippen molar-refractivity contribution in [1.82, 2.24) is 10.2 Å². The van der Waals surface area contributed by atoms with Crippen LogP contribution in [-0.4, -0.2) is 52.7 Å². The second-order valence-electron chi connectivity index (χ2n) is 10.1. The summed E-state index contributed by atoms with van der Waals surface area (Å²) in [7, 11) is 0. The number of aliphatic carboxylic acids is 1. The molecule has 0 unspecified atom stereocenters. The molecule has 3 aliphatic rings. The van der Waals surface area contributed by atoms with Crippen LogP contribution in [0.4, 0.5) is 4.79 Å². The Morgan fingerprint density at radius 3 is 2.20 bits per heavy atom. The van der Waals surface area contributed by atoms with Gasteiger partial charge in [-0.2, -0.15) is 0 Å². The van der Waals surface area contributed by atoms with Crippen LogP contribution in [0.15, 0.2) is 48.5 Å². The number of piperidine rings is 1. The highest BCUT2D eigenvalue weighted by atomic mass is 16.5. The standard InChI is InChI=1S/C28H32N2O5/c1-18-19(25(31)32)13-8-16-30(18)26(33)28(14-6-7-15-28)29-27(34)35-17-24-22-11-4-2-9-20(22)21-10-3-5-12-23(21)24/h2-5,9-12,18-19,24H,6-8,13-17H2,1H3,(H,29,34)(H,31,32)/t18-,19-/m1/s1. The van der Waals surface area contributed by atoms with Crippen LogP contribution < -0.4 is 5.32 Å². The van der Waals surface area contributed by atoms with Crippen LogP contribution in [0.2, 0.25) is 0 Å². The number of carbonyl (C=O) groups is 3. The number of ether oxygens (including phenoxy) is 1. The van der Waals surface area contributed by atoms with Crippen LogP contribution in [0.3, 0.4) is 0 Å². The third kappa shape index (κ3) is 4.17. The van der Waals surface area contributed by atoms with Crippen LogP contribution in [0.25, 0.3) is 11.1 Å². The molecule has 184 valence electrons. The topological polar surface area (TPSA) is 95.9 Å². The van der Waals surface area contributed by atoms with E-state index in [-0.39, 0.29) is 18.4 Å². The minimum Gasteiger partial charge on any atom is -0.481 e. The number of benzene rings is 2. The lowest BCUT2D eigenvalue weighted by Gasteiger charge is -2.42. The number of hydrogen-bond donors (Lipinski definition) is 2. The summed E-state index contributed by atoms with van der Waals surface area (Å²) >= 11 is 0. The Balaban J connectivity index is 1.30. The molecule has 2 aromatic rings. The summed E-state index contributed by atoms with van der Waals surface area (Å²) in [6, 6.07) is 15.9. The van der Waals surface area contributed by atoms with Gasteiger partial charge < -0.3 is 20.1 Å². The van der Waals surface area contributed by atoms with E-state index in [1.807, 2.05) is 24.3 Å². The van der Waals surface area contributed by atoms with Gasteiger partial charge >= 0.3 is 12.1 Å². The van der Waals surface area contributed by atoms with E-state index < -0.39 is 29.6 Å². The van der Waals surface area contributed by atoms with E-state index in [9.17, 15) is 19.5 Å². The summed E-state index contributed by atoms with van der Waals surface area (Å²) in [5, 5.41) is 12.5. The van der Waals surface area contributed by atoms with Gasteiger partial charge in [-0.05, 0) is 54.9 Å². The van der Waals surface area contributed by atoms with Crippen molar-refractivity contribution in [3.63, 3.8) is 0 Å². The smallest absolute Gasteiger partial charge is 0.408 e. The molecule has 2 N–H and O–H groups in total. The zero-order chi connectivity index (χ0) is 24.6. The predicted molar refractivity (Wildman–Crippen MR) is 131 cm³/mol. The fourth-order valence-corrected chi connectivity index (χ4v) is 6.24. The van der Waals surface area contributed by atoms with Gasteiger partial charge in [0.2, 0.25) is 5.91 Å². The number of carboxylic acid groups (broad SMARTS) is 1. The van der Waals surface area contributed by atoms with Crippen LogP contribution in [0.5, 0.6) is 0 Å². The average molecular weight is 477 g/mol. The number of rotatable bonds is 5. The number of amides is 2. The van der Waals surface area contributed by atoms with Gasteiger partial charge in [0.15, 0.2) is 0 Å². The number of alkyl carbamates (subject to hydrolysis) is 1. The molecule has 1 saturated heterocycles. The maximum atomic E-state index is 13.7. The molecule has 1 heterocycles. The molecule has 7 nitrogen and oxygen atoms in total. The quantitative estimate of drug-likeness (QED) is 0.660. The van der Waals surface area contributed by atoms with Gasteiger partial charge in [-0.25, -0.2) is 4.79 Å². The third-order valence-electron chi connectivity index (χ3n) is 8.12. The summed E-state index contributed by atoms with van der Waals surface area (Å²) < 4.78 is 5.74. The highest BCUT2D eigenvalue weighted by molar-refractivity contribution is 5.91. The van der Waals surface area contributed by atoms with Crippen LogP contribution in [0, 0.1) is 5.92 Å². The van der Waals surface area contributed by atoms with Crippen molar-refractivity contribution in [2.75, 3.05) is 13.2 Å². The number of hydrogen-bond acceptors (Lipinski definition) is 4. The third-order valence-corrected chi connectivity index (χ3v) is 8.12. The summed E-state index contributed by atoms with van der Waals surface area (Å²) in [6.07, 6.45) is 3.36. The molecule has 2 atom stereocenters. The molecule has 0 spiro atoms. The second-order valence-corrected chi connectivity index (χ2v) is 10.1. The van der Waals surface area contributed by atoms with Crippen LogP contribution in [0.1, 0.15) is 62.5 Å². The normalized spacial score (nSPS) is 22.8. The van der Waals surface area contributed by atoms with Crippen LogP contribution >= 0.6 is 0 Å². The Morgan fingerprint density at radius 1 is 1.00 bits per heavy atom. The fourth-order valence-electron chi connectivity index (χ4n) is 6.24. The summed E-state index contributed by atoms with van der Waals surface area (Å²) in [4.78, 5) is 40.0. The van der Waals surface area contributed by atoms with E-state index in [2.05, 4.69) is 29.6 Å². The lowest BCUT2D eigenvalue weighted by Crippen LogP contribution is -2.62. The van der Waals surface area contributed by atoms with E-state index in [1.165, 1.54) is 0 Å². The van der Waals surface area contributed by atoms with E-state index in [4.69, 9.17) is 4.74 Å². The van der Waals surface area contributed by atoms with E-state index in [0.717, 1.165) is 35.1 Å². The fraction of sp³-hybridized carbons (Fsp3) is 0.464. The van der Waals surface area contributed by atoms with Gasteiger partial charge in [0, 0.05) is 18.5 Å². The molecule has 2 aliphatic carbocycles. The monoisotopic (exact) mass is 476 g/mol. The first-order chi connectivity index (χ1) is 16.9. The molecule has 1 saturated carbocycles. The highest BCUT2D eigenvalue weighted by Gasteiger charge is 2.48. The molecule has 2 aromatic carbocycles. The van der Waals surface area contributed by atoms with Crippen molar-refractivity contribution in [3.8, 4) is 11.1 Å². The van der Waals surface area contributed by atoms with Crippen molar-refractivity contribution in [2.24, 2.45) is 5.92 Å². The van der Waals surface area contributed by atoms with Crippen molar-refractivity contribution in [1.29, 1.82) is 0 Å². The van der Waals surface area contributed by atoms with Crippen molar-refractivity contribution >= 4 is 18.0 Å². The number of fused-ring (bicyclic) bond motifs is 3. The summed E-state index contributed by atoms with van der Waals surface area (Å²) in [6.45, 7) is 2.50. The average Bonchev–Trinajstić information content (AvgIpc) is 3.46. The van der Waals surface area contributed by atoms with Gasteiger partial charge in [-0.15, -0.1) is 0 Å². The Bertz CT molecular complexity index is 1090. The first kappa shape index (κ1) is 23.4. The summed E-state index contributed by atoms with van der Waals surface area (Å²) in [5.41, 5.74) is 3.56. The molecule has 5 rings (SSSR count). The molecule has 1 aliphatic heterocycles. The van der Waals surface area contributed by atoms with Crippen molar-refractivity contribution in [3.05, 3.63) is 59.7 Å². The molecule has 35 heavy (non-hydrogen) atoms. The number of likely N-dealkylation sites (tertiary alicyclic amines) is 1. The Morgan fingerprint density at radius 2 is 1.60 bits per heavy atom. The van der Waals surface area contributed by atoms with Gasteiger partial charge in [0.1, 0.15) is 12.1 Å². The van der Waals surface area contributed by atoms with Crippen molar-refractivity contribution < 1.29 is 24.2 Å². The van der Waals surface area contributed by atoms with Crippen LogP contribution in [-0.2, 0) is 14.3 Å². The largest absolute Gasteiger partial charge is 0.481 e. The first-order valence-electron chi connectivity index (χ1n) is 12.6. The maximum absolute atomic E-state index is 13.7. The van der Waals surface area contributed by atoms with E-state index in [1.54, 1.807) is 11.8 Å². The van der Waals surface area contributed by atoms with Crippen molar-refractivity contribution in [2.45, 2.75) is 62.9 Å². The van der Waals surface area contributed by atoms with Gasteiger partial charge in [-0.3, -0.25) is 9.59 Å². The summed E-state index contributed by atoms with van der Waals surface area (Å²) in [5.74, 6) is -1.69. The number of carbonyl (C=O) groups excluding carboxylic acids is 2. The minimum atomic E-state index is -1.03. The molecule has 0 aromatic heterocycles. The van der Waals surface area contributed by atoms with Gasteiger partial charge in [0.05, 0.1) is 5.92 Å². The molecule has 0 bridgehead atoms. The van der Waals surface area contributed by atoms with E-state index in [0.29, 0.717) is 32.2 Å². The predicted octanol–water partition coefficient (Wildman–Crippen LogP) is 4.55. The second kappa shape index (κ2) is 9.36. The van der Waals surface area contributed by atoms with Gasteiger partial charge in [0.25, 0.3) is 0 Å². The Hall–Kier alpha value is -3.35. The maximum Gasteiger partial charge on any atom is 0.408 e. The number of nitrogens with one attached hydrogen (secondary N) is 1. The Labute approximate surface area is 205 Å². The Kier molecular flexibility index (Phi) is 6.26. The molecular weight excluding hydrogens is 444 g/mol. The zero-order valence-electron chi connectivity index (χ0n) is 20.0. The lowest BCUT2D eigenvalue weighted by molar-refractivity contribution is -0.151. The number of nitrogens with zero attached hydrogens (tertiary/aromatic N) is 1. The lowest BCUT2D eigenvalue weighted by atomic mass is 9.87. The van der Waals surface area contributed by atoms with Gasteiger partial charge in [-0.1, -0.05) is 61.4 Å². The molecule has 2 fully saturated rings. The number of carboxylic acids is 1. The molecule has 7 heteroatoms. The molecular formula is C28H32N2O5. The molecule has 0 radical (unpaired) electrons. The minimum absolute atomic E-state index is 0.0539.